The molecule has 32 heavy (non-hydrogen) atoms. The minimum atomic E-state index is -2.25. The van der Waals surface area contributed by atoms with E-state index in [2.05, 4.69) is 5.32 Å². The third-order valence-corrected chi connectivity index (χ3v) is 5.62. The quantitative estimate of drug-likeness (QED) is 0.140. The largest absolute Gasteiger partial charge is 0.480 e. The van der Waals surface area contributed by atoms with Crippen molar-refractivity contribution in [1.82, 2.24) is 5.32 Å². The molecule has 1 aromatic rings. The Balaban J connectivity index is 2.99. The summed E-state index contributed by atoms with van der Waals surface area (Å²) in [7, 11) is 0. The van der Waals surface area contributed by atoms with Crippen LogP contribution in [0.5, 0.6) is 0 Å². The summed E-state index contributed by atoms with van der Waals surface area (Å²) in [4.78, 5) is 36.4. The molecule has 0 fully saturated rings. The van der Waals surface area contributed by atoms with Crippen LogP contribution in [-0.4, -0.2) is 98.2 Å². The lowest BCUT2D eigenvalue weighted by atomic mass is 9.83. The van der Waals surface area contributed by atoms with Crippen LogP contribution in [0.1, 0.15) is 17.9 Å². The molecule has 0 aliphatic rings. The van der Waals surface area contributed by atoms with Gasteiger partial charge in [0.2, 0.25) is 5.91 Å². The van der Waals surface area contributed by atoms with Crippen LogP contribution in [-0.2, 0) is 14.4 Å². The Morgan fingerprint density at radius 3 is 2.16 bits per heavy atom. The van der Waals surface area contributed by atoms with E-state index in [9.17, 15) is 39.9 Å². The summed E-state index contributed by atoms with van der Waals surface area (Å²) in [5.41, 5.74) is 11.6. The molecule has 1 aromatic carbocycles. The molecule has 0 heterocycles. The van der Waals surface area contributed by atoms with Crippen LogP contribution in [0.2, 0.25) is 0 Å². The number of carboxylic acid groups (broad SMARTS) is 1. The van der Waals surface area contributed by atoms with Gasteiger partial charge in [-0.15, -0.1) is 0 Å². The minimum absolute atomic E-state index is 0.194. The average Bonchev–Trinajstić information content (AvgIpc) is 2.79. The van der Waals surface area contributed by atoms with E-state index in [0.29, 0.717) is 12.2 Å². The van der Waals surface area contributed by atoms with Crippen molar-refractivity contribution in [3.63, 3.8) is 0 Å². The van der Waals surface area contributed by atoms with E-state index in [-0.39, 0.29) is 5.56 Å². The molecule has 0 spiro atoms. The fourth-order valence-corrected chi connectivity index (χ4v) is 3.52. The fraction of sp³-hybridized carbons (Fsp3) is 0.550. The van der Waals surface area contributed by atoms with Crippen molar-refractivity contribution in [3.05, 3.63) is 35.9 Å². The van der Waals surface area contributed by atoms with Gasteiger partial charge in [0.15, 0.2) is 5.78 Å². The Morgan fingerprint density at radius 2 is 1.66 bits per heavy atom. The van der Waals surface area contributed by atoms with Crippen LogP contribution in [0.3, 0.4) is 0 Å². The topological polar surface area (TPSA) is 216 Å². The number of hydrogen-bond donors (Lipinski definition) is 8. The van der Waals surface area contributed by atoms with E-state index in [1.54, 1.807) is 18.2 Å². The summed E-state index contributed by atoms with van der Waals surface area (Å²) in [5.74, 6) is -4.26. The number of rotatable bonds is 14. The van der Waals surface area contributed by atoms with Gasteiger partial charge in [0.1, 0.15) is 24.4 Å². The van der Waals surface area contributed by atoms with Crippen LogP contribution in [0.4, 0.5) is 0 Å². The Hall–Kier alpha value is -2.06. The van der Waals surface area contributed by atoms with Gasteiger partial charge in [0, 0.05) is 0 Å². The first-order valence-electron chi connectivity index (χ1n) is 9.83. The standard InChI is InChI=1S/C20H31N3O8S/c1-32-8-7-11(21)19(29)23-12(9-24)15(25)17(27)18(28)16(26)13(14(22)20(30)31)10-5-3-2-4-6-10/h2-6,11-15,17-18,24-25,27-28H,7-9,21-22H2,1H3,(H,23,29)(H,30,31)/t11-,12-,13?,14-,15+,17+,18+/m0/s1. The molecule has 0 aliphatic carbocycles. The summed E-state index contributed by atoms with van der Waals surface area (Å²) in [6.45, 7) is -0.823. The number of Topliss-reactive ketones (excluding diaryl/α,β-unsaturated/α-hetero) is 1. The summed E-state index contributed by atoms with van der Waals surface area (Å²) < 4.78 is 0. The lowest BCUT2D eigenvalue weighted by molar-refractivity contribution is -0.148. The average molecular weight is 474 g/mol. The number of nitrogens with two attached hydrogens (primary N) is 2. The number of carbonyl (C=O) groups excluding carboxylic acids is 2. The highest BCUT2D eigenvalue weighted by Gasteiger charge is 2.42. The molecule has 0 aromatic heterocycles. The summed E-state index contributed by atoms with van der Waals surface area (Å²) in [5, 5.41) is 52.2. The van der Waals surface area contributed by atoms with Crippen molar-refractivity contribution in [1.29, 1.82) is 0 Å². The molecule has 1 rings (SSSR count). The van der Waals surface area contributed by atoms with Crippen molar-refractivity contribution < 1.29 is 39.9 Å². The first-order valence-corrected chi connectivity index (χ1v) is 11.2. The van der Waals surface area contributed by atoms with Crippen LogP contribution in [0.15, 0.2) is 30.3 Å². The number of aliphatic hydroxyl groups is 4. The number of carboxylic acids is 1. The molecule has 1 amide bonds. The van der Waals surface area contributed by atoms with E-state index in [1.807, 2.05) is 6.26 Å². The van der Waals surface area contributed by atoms with Gasteiger partial charge in [-0.3, -0.25) is 14.4 Å². The van der Waals surface area contributed by atoms with Gasteiger partial charge in [-0.1, -0.05) is 30.3 Å². The van der Waals surface area contributed by atoms with Crippen molar-refractivity contribution in [2.45, 2.75) is 48.8 Å². The molecule has 0 saturated carbocycles. The molecule has 7 atom stereocenters. The third-order valence-electron chi connectivity index (χ3n) is 4.98. The Morgan fingerprint density at radius 1 is 1.06 bits per heavy atom. The Labute approximate surface area is 189 Å². The lowest BCUT2D eigenvalue weighted by Gasteiger charge is -2.31. The van der Waals surface area contributed by atoms with Crippen LogP contribution >= 0.6 is 11.8 Å². The van der Waals surface area contributed by atoms with Crippen LogP contribution in [0, 0.1) is 0 Å². The van der Waals surface area contributed by atoms with Crippen LogP contribution in [0.25, 0.3) is 0 Å². The van der Waals surface area contributed by atoms with Gasteiger partial charge in [-0.05, 0) is 24.0 Å². The number of aliphatic hydroxyl groups excluding tert-OH is 4. The van der Waals surface area contributed by atoms with Crippen molar-refractivity contribution in [2.24, 2.45) is 11.5 Å². The SMILES string of the molecule is CSCC[C@H](N)C(=O)N[C@@H](CO)[C@@H](O)[C@@H](O)[C@H](O)C(=O)C(c1ccccc1)[C@H](N)C(=O)O. The van der Waals surface area contributed by atoms with Crippen molar-refractivity contribution in [2.75, 3.05) is 18.6 Å². The maximum Gasteiger partial charge on any atom is 0.321 e. The lowest BCUT2D eigenvalue weighted by Crippen LogP contribution is -2.58. The number of benzene rings is 1. The van der Waals surface area contributed by atoms with E-state index in [4.69, 9.17) is 11.5 Å². The molecular formula is C20H31N3O8S. The molecule has 0 aliphatic heterocycles. The summed E-state index contributed by atoms with van der Waals surface area (Å²) >= 11 is 1.47. The smallest absolute Gasteiger partial charge is 0.321 e. The Bertz CT molecular complexity index is 754. The number of carbonyl (C=O) groups is 3. The second-order valence-electron chi connectivity index (χ2n) is 7.27. The van der Waals surface area contributed by atoms with E-state index >= 15 is 0 Å². The summed E-state index contributed by atoms with van der Waals surface area (Å²) in [6, 6.07) is 3.49. The maximum absolute atomic E-state index is 12.9. The van der Waals surface area contributed by atoms with Gasteiger partial charge in [-0.25, -0.2) is 0 Å². The number of thioether (sulfide) groups is 1. The maximum atomic E-state index is 12.9. The highest BCUT2D eigenvalue weighted by molar-refractivity contribution is 7.98. The normalized spacial score (nSPS) is 18.0. The molecule has 1 unspecified atom stereocenters. The minimum Gasteiger partial charge on any atom is -0.480 e. The summed E-state index contributed by atoms with van der Waals surface area (Å²) in [6.07, 6.45) is -4.21. The van der Waals surface area contributed by atoms with Crippen molar-refractivity contribution >= 4 is 29.4 Å². The third kappa shape index (κ3) is 7.52. The number of ketones is 1. The number of amides is 1. The first kappa shape index (κ1) is 28.0. The Kier molecular flexibility index (Phi) is 11.8. The van der Waals surface area contributed by atoms with Gasteiger partial charge in [0.25, 0.3) is 0 Å². The fourth-order valence-electron chi connectivity index (χ4n) is 3.03. The highest BCUT2D eigenvalue weighted by Crippen LogP contribution is 2.23. The highest BCUT2D eigenvalue weighted by atomic mass is 32.2. The molecule has 180 valence electrons. The second kappa shape index (κ2) is 13.5. The molecule has 0 bridgehead atoms. The zero-order valence-corrected chi connectivity index (χ0v) is 18.4. The predicted octanol–water partition coefficient (Wildman–Crippen LogP) is -2.61. The number of nitrogens with one attached hydrogen (secondary N) is 1. The molecule has 12 heteroatoms. The van der Waals surface area contributed by atoms with Gasteiger partial charge in [0.05, 0.1) is 24.6 Å². The number of hydrogen-bond acceptors (Lipinski definition) is 10. The van der Waals surface area contributed by atoms with Gasteiger partial charge < -0.3 is 42.3 Å². The first-order chi connectivity index (χ1) is 15.1. The zero-order chi connectivity index (χ0) is 24.4. The van der Waals surface area contributed by atoms with E-state index in [0.717, 1.165) is 0 Å². The monoisotopic (exact) mass is 473 g/mol. The molecule has 0 saturated heterocycles. The second-order valence-corrected chi connectivity index (χ2v) is 8.25. The number of aliphatic carboxylic acids is 1. The molecular weight excluding hydrogens is 442 g/mol. The van der Waals surface area contributed by atoms with Gasteiger partial charge in [-0.2, -0.15) is 11.8 Å². The zero-order valence-electron chi connectivity index (χ0n) is 17.6. The molecule has 0 radical (unpaired) electrons. The van der Waals surface area contributed by atoms with Gasteiger partial charge >= 0.3 is 5.97 Å². The molecule has 11 nitrogen and oxygen atoms in total. The van der Waals surface area contributed by atoms with E-state index in [1.165, 1.54) is 23.9 Å². The van der Waals surface area contributed by atoms with E-state index < -0.39 is 66.6 Å². The van der Waals surface area contributed by atoms with Crippen molar-refractivity contribution in [3.8, 4) is 0 Å². The molecule has 10 N–H and O–H groups in total. The van der Waals surface area contributed by atoms with Crippen LogP contribution < -0.4 is 16.8 Å². The predicted molar refractivity (Wildman–Crippen MR) is 118 cm³/mol.